The largest absolute Gasteiger partial charge is 0.312 e. The van der Waals surface area contributed by atoms with E-state index in [-0.39, 0.29) is 5.54 Å². The van der Waals surface area contributed by atoms with Crippen LogP contribution >= 0.6 is 27.7 Å². The van der Waals surface area contributed by atoms with Crippen molar-refractivity contribution in [1.29, 1.82) is 0 Å². The smallest absolute Gasteiger partial charge is 0.0177 e. The molecule has 1 N–H and O–H groups in total. The van der Waals surface area contributed by atoms with Crippen LogP contribution in [-0.4, -0.2) is 24.1 Å². The van der Waals surface area contributed by atoms with Crippen LogP contribution in [0.1, 0.15) is 32.8 Å². The fraction of sp³-hybridized carbons (Fsp3) is 0.625. The Hall–Kier alpha value is 0.01000. The summed E-state index contributed by atoms with van der Waals surface area (Å²) in [5.41, 5.74) is 1.63. The van der Waals surface area contributed by atoms with Gasteiger partial charge < -0.3 is 5.32 Å². The zero-order valence-corrected chi connectivity index (χ0v) is 14.9. The van der Waals surface area contributed by atoms with Gasteiger partial charge in [-0.15, -0.1) is 0 Å². The number of rotatable bonds is 7. The first-order chi connectivity index (χ1) is 8.90. The SMILES string of the molecule is CSCCC(CNC(C)(C)C)Cc1cccc(Br)c1. The van der Waals surface area contributed by atoms with Crippen LogP contribution in [0.3, 0.4) is 0 Å². The van der Waals surface area contributed by atoms with E-state index in [1.54, 1.807) is 0 Å². The maximum absolute atomic E-state index is 3.64. The van der Waals surface area contributed by atoms with Gasteiger partial charge in [0, 0.05) is 10.0 Å². The molecule has 0 heterocycles. The number of halogens is 1. The molecule has 0 aromatic heterocycles. The van der Waals surface area contributed by atoms with Crippen molar-refractivity contribution in [2.24, 2.45) is 5.92 Å². The zero-order chi connectivity index (χ0) is 14.3. The summed E-state index contributed by atoms with van der Waals surface area (Å²) in [4.78, 5) is 0. The highest BCUT2D eigenvalue weighted by Gasteiger charge is 2.14. The van der Waals surface area contributed by atoms with E-state index in [0.29, 0.717) is 5.92 Å². The highest BCUT2D eigenvalue weighted by molar-refractivity contribution is 9.10. The first-order valence-electron chi connectivity index (χ1n) is 6.89. The van der Waals surface area contributed by atoms with Gasteiger partial charge in [0.05, 0.1) is 0 Å². The molecule has 1 atom stereocenters. The van der Waals surface area contributed by atoms with Crippen LogP contribution in [0.5, 0.6) is 0 Å². The van der Waals surface area contributed by atoms with Crippen molar-refractivity contribution in [3.63, 3.8) is 0 Å². The van der Waals surface area contributed by atoms with Gasteiger partial charge in [-0.2, -0.15) is 11.8 Å². The van der Waals surface area contributed by atoms with E-state index in [4.69, 9.17) is 0 Å². The lowest BCUT2D eigenvalue weighted by Crippen LogP contribution is -2.39. The van der Waals surface area contributed by atoms with Crippen molar-refractivity contribution in [1.82, 2.24) is 5.32 Å². The van der Waals surface area contributed by atoms with Crippen LogP contribution in [0.4, 0.5) is 0 Å². The van der Waals surface area contributed by atoms with Crippen molar-refractivity contribution < 1.29 is 0 Å². The van der Waals surface area contributed by atoms with E-state index in [2.05, 4.69) is 72.5 Å². The second-order valence-electron chi connectivity index (χ2n) is 6.11. The van der Waals surface area contributed by atoms with Gasteiger partial charge in [0.2, 0.25) is 0 Å². The molecule has 0 amide bonds. The van der Waals surface area contributed by atoms with Gasteiger partial charge in [0.1, 0.15) is 0 Å². The first-order valence-corrected chi connectivity index (χ1v) is 9.08. The van der Waals surface area contributed by atoms with Gasteiger partial charge in [0.25, 0.3) is 0 Å². The molecule has 108 valence electrons. The maximum atomic E-state index is 3.64. The minimum Gasteiger partial charge on any atom is -0.312 e. The fourth-order valence-electron chi connectivity index (χ4n) is 2.01. The fourth-order valence-corrected chi connectivity index (χ4v) is 3.02. The van der Waals surface area contributed by atoms with Crippen LogP contribution in [0.25, 0.3) is 0 Å². The van der Waals surface area contributed by atoms with Crippen LogP contribution in [-0.2, 0) is 6.42 Å². The summed E-state index contributed by atoms with van der Waals surface area (Å²) in [5, 5.41) is 3.64. The predicted octanol–water partition coefficient (Wildman–Crippen LogP) is 4.75. The summed E-state index contributed by atoms with van der Waals surface area (Å²) in [6.45, 7) is 7.80. The minimum absolute atomic E-state index is 0.203. The molecule has 0 bridgehead atoms. The van der Waals surface area contributed by atoms with Crippen molar-refractivity contribution in [2.75, 3.05) is 18.6 Å². The third kappa shape index (κ3) is 8.01. The summed E-state index contributed by atoms with van der Waals surface area (Å²) >= 11 is 5.50. The number of nitrogens with one attached hydrogen (secondary N) is 1. The van der Waals surface area contributed by atoms with E-state index < -0.39 is 0 Å². The monoisotopic (exact) mass is 343 g/mol. The Kier molecular flexibility index (Phi) is 7.48. The summed E-state index contributed by atoms with van der Waals surface area (Å²) in [7, 11) is 0. The Labute approximate surface area is 131 Å². The van der Waals surface area contributed by atoms with Gasteiger partial charge in [-0.05, 0) is 75.8 Å². The van der Waals surface area contributed by atoms with E-state index in [0.717, 1.165) is 13.0 Å². The molecule has 3 heteroatoms. The van der Waals surface area contributed by atoms with Gasteiger partial charge in [-0.25, -0.2) is 0 Å². The molecule has 1 unspecified atom stereocenters. The van der Waals surface area contributed by atoms with E-state index >= 15 is 0 Å². The van der Waals surface area contributed by atoms with Crippen LogP contribution in [0, 0.1) is 5.92 Å². The second kappa shape index (κ2) is 8.33. The summed E-state index contributed by atoms with van der Waals surface area (Å²) < 4.78 is 1.18. The molecule has 0 fully saturated rings. The molecule has 1 rings (SSSR count). The first kappa shape index (κ1) is 17.1. The molecule has 1 nitrogen and oxygen atoms in total. The molecule has 0 saturated heterocycles. The van der Waals surface area contributed by atoms with Gasteiger partial charge in [0.15, 0.2) is 0 Å². The highest BCUT2D eigenvalue weighted by Crippen LogP contribution is 2.18. The molecule has 0 aliphatic rings. The van der Waals surface area contributed by atoms with Crippen molar-refractivity contribution in [3.8, 4) is 0 Å². The minimum atomic E-state index is 0.203. The Balaban J connectivity index is 2.58. The summed E-state index contributed by atoms with van der Waals surface area (Å²) in [6, 6.07) is 8.69. The van der Waals surface area contributed by atoms with E-state index in [9.17, 15) is 0 Å². The topological polar surface area (TPSA) is 12.0 Å². The predicted molar refractivity (Wildman–Crippen MR) is 92.1 cm³/mol. The van der Waals surface area contributed by atoms with Crippen LogP contribution in [0.15, 0.2) is 28.7 Å². The second-order valence-corrected chi connectivity index (χ2v) is 8.01. The molecular formula is C16H26BrNS. The Morgan fingerprint density at radius 3 is 2.63 bits per heavy atom. The molecule has 0 spiro atoms. The third-order valence-corrected chi connectivity index (χ3v) is 4.20. The lowest BCUT2D eigenvalue weighted by Gasteiger charge is -2.25. The van der Waals surface area contributed by atoms with E-state index in [1.165, 1.54) is 22.2 Å². The molecule has 0 radical (unpaired) electrons. The van der Waals surface area contributed by atoms with Crippen molar-refractivity contribution >= 4 is 27.7 Å². The standard InChI is InChI=1S/C16H26BrNS/c1-16(2,3)18-12-14(8-9-19-4)10-13-6-5-7-15(17)11-13/h5-7,11,14,18H,8-10,12H2,1-4H3. The Morgan fingerprint density at radius 1 is 1.32 bits per heavy atom. The van der Waals surface area contributed by atoms with Gasteiger partial charge >= 0.3 is 0 Å². The van der Waals surface area contributed by atoms with E-state index in [1.807, 2.05) is 11.8 Å². The van der Waals surface area contributed by atoms with Crippen molar-refractivity contribution in [2.45, 2.75) is 39.2 Å². The maximum Gasteiger partial charge on any atom is 0.0177 e. The normalized spacial score (nSPS) is 13.5. The molecule has 19 heavy (non-hydrogen) atoms. The molecule has 1 aromatic carbocycles. The quantitative estimate of drug-likeness (QED) is 0.766. The average Bonchev–Trinajstić information content (AvgIpc) is 2.31. The number of hydrogen-bond donors (Lipinski definition) is 1. The number of benzene rings is 1. The van der Waals surface area contributed by atoms with Crippen LogP contribution < -0.4 is 5.32 Å². The zero-order valence-electron chi connectivity index (χ0n) is 12.5. The summed E-state index contributed by atoms with van der Waals surface area (Å²) in [5.74, 6) is 1.95. The number of thioether (sulfide) groups is 1. The van der Waals surface area contributed by atoms with Gasteiger partial charge in [-0.1, -0.05) is 28.1 Å². The molecule has 0 aliphatic carbocycles. The molecule has 1 aromatic rings. The average molecular weight is 344 g/mol. The Bertz CT molecular complexity index is 373. The summed E-state index contributed by atoms with van der Waals surface area (Å²) in [6.07, 6.45) is 4.62. The Morgan fingerprint density at radius 2 is 2.05 bits per heavy atom. The third-order valence-electron chi connectivity index (χ3n) is 3.06. The van der Waals surface area contributed by atoms with Gasteiger partial charge in [-0.3, -0.25) is 0 Å². The molecule has 0 saturated carbocycles. The lowest BCUT2D eigenvalue weighted by atomic mass is 9.95. The lowest BCUT2D eigenvalue weighted by molar-refractivity contribution is 0.364. The van der Waals surface area contributed by atoms with Crippen molar-refractivity contribution in [3.05, 3.63) is 34.3 Å². The van der Waals surface area contributed by atoms with Crippen LogP contribution in [0.2, 0.25) is 0 Å². The highest BCUT2D eigenvalue weighted by atomic mass is 79.9. The molecular weight excluding hydrogens is 318 g/mol. The molecule has 0 aliphatic heterocycles. The number of hydrogen-bond acceptors (Lipinski definition) is 2.